The van der Waals surface area contributed by atoms with Gasteiger partial charge in [0.25, 0.3) is 0 Å². The van der Waals surface area contributed by atoms with Crippen molar-refractivity contribution in [3.63, 3.8) is 0 Å². The Balaban J connectivity index is 3.51. The van der Waals surface area contributed by atoms with Gasteiger partial charge in [0, 0.05) is 0 Å². The topological polar surface area (TPSA) is 34.1 Å². The Morgan fingerprint density at radius 1 is 1.50 bits per heavy atom. The second-order valence-electron chi connectivity index (χ2n) is 0.213. The average molecular weight is 276 g/mol. The summed E-state index contributed by atoms with van der Waals surface area (Å²) >= 11 is -3.62. The summed E-state index contributed by atoms with van der Waals surface area (Å²) in [6, 6.07) is 0. The summed E-state index contributed by atoms with van der Waals surface area (Å²) in [5, 5.41) is 0. The molecule has 0 aromatic heterocycles. The first-order valence-corrected chi connectivity index (χ1v) is 7.65. The monoisotopic (exact) mass is 276 g/mol. The van der Waals surface area contributed by atoms with Crippen molar-refractivity contribution in [1.29, 1.82) is 0 Å². The van der Waals surface area contributed by atoms with Crippen molar-refractivity contribution in [1.82, 2.24) is 0 Å². The first-order chi connectivity index (χ1) is 1.73. The van der Waals surface area contributed by atoms with Gasteiger partial charge >= 0.3 is 34.7 Å². The van der Waals surface area contributed by atoms with E-state index in [2.05, 4.69) is 8.51 Å². The Labute approximate surface area is 34.9 Å². The molecule has 0 unspecified atom stereocenters. The molecule has 0 aliphatic carbocycles. The maximum absolute atomic E-state index is 8.94. The van der Waals surface area contributed by atoms with E-state index in [4.69, 9.17) is 5.63 Å². The quantitative estimate of drug-likeness (QED) is 0.587. The fourth-order valence-corrected chi connectivity index (χ4v) is 0. The van der Waals surface area contributed by atoms with Crippen LogP contribution in [0.3, 0.4) is 0 Å². The van der Waals surface area contributed by atoms with E-state index in [1.165, 1.54) is 0 Å². The second-order valence-corrected chi connectivity index (χ2v) is 4.29. The summed E-state index contributed by atoms with van der Waals surface area (Å²) in [5.41, 5.74) is 0. The van der Waals surface area contributed by atoms with E-state index in [1.807, 2.05) is 0 Å². The van der Waals surface area contributed by atoms with Gasteiger partial charge in [-0.25, -0.2) is 0 Å². The molecule has 24 valence electrons. The molecule has 0 fully saturated rings. The zero-order chi connectivity index (χ0) is 3.58. The third kappa shape index (κ3) is 14.6. The van der Waals surface area contributed by atoms with Gasteiger partial charge in [0.15, 0.2) is 0 Å². The van der Waals surface area contributed by atoms with Crippen molar-refractivity contribution in [2.45, 2.75) is 0 Å². The van der Waals surface area contributed by atoms with Gasteiger partial charge in [-0.2, -0.15) is 0 Å². The van der Waals surface area contributed by atoms with E-state index in [1.54, 1.807) is 0 Å². The van der Waals surface area contributed by atoms with Crippen LogP contribution in [0.4, 0.5) is 0 Å². The van der Waals surface area contributed by atoms with Crippen molar-refractivity contribution in [3.05, 3.63) is 0 Å². The standard InChI is InChI=1S/Bi.ClH.2O/h;1H;;/q+1;;;/p-1. The number of rotatable bonds is 0. The molecule has 4 heavy (non-hydrogen) atoms. The Kier molecular flexibility index (Phi) is 2.43. The molecule has 0 radical (unpaired) electrons. The molecular formula is BiClO2. The van der Waals surface area contributed by atoms with Crippen molar-refractivity contribution < 1.29 is 5.63 Å². The molecule has 0 saturated carbocycles. The zero-order valence-corrected chi connectivity index (χ0v) is 5.87. The maximum atomic E-state index is 8.94. The molecule has 4 heteroatoms. The molecule has 0 bridgehead atoms. The molecule has 0 aliphatic rings. The van der Waals surface area contributed by atoms with Gasteiger partial charge in [-0.05, 0) is 0 Å². The van der Waals surface area contributed by atoms with Crippen LogP contribution in [0.25, 0.3) is 0 Å². The van der Waals surface area contributed by atoms with Crippen LogP contribution >= 0.6 is 8.51 Å². The number of hydrogen-bond acceptors (Lipinski definition) is 2. The van der Waals surface area contributed by atoms with Crippen molar-refractivity contribution in [2.24, 2.45) is 0 Å². The molecule has 0 aliphatic heterocycles. The first-order valence-electron chi connectivity index (χ1n) is 0.534. The van der Waals surface area contributed by atoms with E-state index >= 15 is 0 Å². The van der Waals surface area contributed by atoms with Crippen molar-refractivity contribution in [3.8, 4) is 0 Å². The van der Waals surface area contributed by atoms with Crippen LogP contribution in [0.5, 0.6) is 0 Å². The molecule has 0 amide bonds. The summed E-state index contributed by atoms with van der Waals surface area (Å²) in [6.07, 6.45) is 0. The molecule has 0 aromatic carbocycles. The number of halogens is 1. The van der Waals surface area contributed by atoms with Crippen LogP contribution in [0, 0.1) is 0 Å². The second kappa shape index (κ2) is 2.04. The van der Waals surface area contributed by atoms with Crippen molar-refractivity contribution in [2.75, 3.05) is 0 Å². The van der Waals surface area contributed by atoms with Gasteiger partial charge in [0.05, 0.1) is 0 Å². The molecule has 2 nitrogen and oxygen atoms in total. The van der Waals surface area contributed by atoms with Crippen molar-refractivity contribution >= 4 is 29.1 Å². The Bertz CT molecular complexity index is 54.4. The van der Waals surface area contributed by atoms with Gasteiger partial charge in [-0.15, -0.1) is 0 Å². The summed E-state index contributed by atoms with van der Waals surface area (Å²) in [4.78, 5) is 0. The zero-order valence-electron chi connectivity index (χ0n) is 1.64. The van der Waals surface area contributed by atoms with Gasteiger partial charge < -0.3 is 0 Å². The van der Waals surface area contributed by atoms with E-state index in [9.17, 15) is 0 Å². The fourth-order valence-electron chi connectivity index (χ4n) is 0. The van der Waals surface area contributed by atoms with Gasteiger partial charge in [0.2, 0.25) is 0 Å². The van der Waals surface area contributed by atoms with E-state index < -0.39 is 20.6 Å². The summed E-state index contributed by atoms with van der Waals surface area (Å²) in [5.74, 6) is 0. The molecule has 0 heterocycles. The molecule has 0 N–H and O–H groups in total. The average Bonchev–Trinajstić information content (AvgIpc) is 0.811. The van der Waals surface area contributed by atoms with Crippen LogP contribution in [0.2, 0.25) is 0 Å². The predicted octanol–water partition coefficient (Wildman–Crippen LogP) is 0.0711. The molecule has 0 atom stereocenters. The van der Waals surface area contributed by atoms with Crippen LogP contribution in [-0.2, 0) is 5.63 Å². The molecule has 0 rings (SSSR count). The molecule has 0 aromatic rings. The number of hydrogen-bond donors (Lipinski definition) is 0. The minimum atomic E-state index is -3.62. The Hall–Kier alpha value is 0.773. The van der Waals surface area contributed by atoms with Crippen LogP contribution < -0.4 is 0 Å². The SMILES string of the molecule is [O]=[Bi](=[O])[Cl]. The third-order valence-corrected chi connectivity index (χ3v) is 0. The Morgan fingerprint density at radius 3 is 1.50 bits per heavy atom. The summed E-state index contributed by atoms with van der Waals surface area (Å²) < 4.78 is 17.9. The van der Waals surface area contributed by atoms with Gasteiger partial charge in [0.1, 0.15) is 0 Å². The van der Waals surface area contributed by atoms with Crippen LogP contribution in [0.1, 0.15) is 0 Å². The van der Waals surface area contributed by atoms with E-state index in [0.717, 1.165) is 0 Å². The predicted molar refractivity (Wildman–Crippen MR) is 13.0 cm³/mol. The van der Waals surface area contributed by atoms with Crippen LogP contribution in [0.15, 0.2) is 0 Å². The summed E-state index contributed by atoms with van der Waals surface area (Å²) in [6.45, 7) is 0. The van der Waals surface area contributed by atoms with Gasteiger partial charge in [-0.1, -0.05) is 0 Å². The molecule has 0 saturated heterocycles. The third-order valence-electron chi connectivity index (χ3n) is 0. The molecular weight excluding hydrogens is 276 g/mol. The van der Waals surface area contributed by atoms with Crippen LogP contribution in [-0.4, -0.2) is 20.6 Å². The van der Waals surface area contributed by atoms with E-state index in [-0.39, 0.29) is 0 Å². The Morgan fingerprint density at radius 2 is 1.50 bits per heavy atom. The van der Waals surface area contributed by atoms with E-state index in [0.29, 0.717) is 0 Å². The fraction of sp³-hybridized carbons (Fsp3) is 0. The molecule has 0 spiro atoms. The minimum absolute atomic E-state index is 3.62. The van der Waals surface area contributed by atoms with Gasteiger partial charge in [-0.3, -0.25) is 0 Å². The summed E-state index contributed by atoms with van der Waals surface area (Å²) in [7, 11) is 4.37. The normalized spacial score (nSPS) is 6.25. The first kappa shape index (κ1) is 4.77.